The van der Waals surface area contributed by atoms with Gasteiger partial charge in [-0.25, -0.2) is 0 Å². The van der Waals surface area contributed by atoms with Gasteiger partial charge in [-0.05, 0) is 20.8 Å². The van der Waals surface area contributed by atoms with Crippen LogP contribution in [0, 0.1) is 0 Å². The highest BCUT2D eigenvalue weighted by molar-refractivity contribution is 6.60. The molecular formula is C11H25NO4Si. The SMILES string of the molecule is CCO[Si](CCN1CCOC1)(OCC)OCC. The zero-order valence-corrected chi connectivity index (χ0v) is 12.2. The second kappa shape index (κ2) is 8.18. The van der Waals surface area contributed by atoms with Crippen LogP contribution in [0.25, 0.3) is 0 Å². The fraction of sp³-hybridized carbons (Fsp3) is 1.00. The maximum atomic E-state index is 5.80. The molecule has 0 aliphatic carbocycles. The molecule has 17 heavy (non-hydrogen) atoms. The molecule has 1 saturated heterocycles. The van der Waals surface area contributed by atoms with Crippen LogP contribution >= 0.6 is 0 Å². The summed E-state index contributed by atoms with van der Waals surface area (Å²) in [6, 6.07) is 0.839. The molecule has 0 N–H and O–H groups in total. The lowest BCUT2D eigenvalue weighted by Gasteiger charge is -2.29. The Balaban J connectivity index is 2.46. The monoisotopic (exact) mass is 263 g/mol. The molecule has 0 saturated carbocycles. The topological polar surface area (TPSA) is 40.2 Å². The van der Waals surface area contributed by atoms with Gasteiger partial charge in [-0.1, -0.05) is 0 Å². The van der Waals surface area contributed by atoms with Crippen molar-refractivity contribution in [3.05, 3.63) is 0 Å². The zero-order valence-electron chi connectivity index (χ0n) is 11.2. The summed E-state index contributed by atoms with van der Waals surface area (Å²) >= 11 is 0. The highest BCUT2D eigenvalue weighted by Gasteiger charge is 2.40. The van der Waals surface area contributed by atoms with Crippen LogP contribution in [0.2, 0.25) is 6.04 Å². The molecular weight excluding hydrogens is 238 g/mol. The molecule has 5 nitrogen and oxygen atoms in total. The minimum absolute atomic E-state index is 0.642. The summed E-state index contributed by atoms with van der Waals surface area (Å²) < 4.78 is 22.7. The molecule has 0 radical (unpaired) electrons. The fourth-order valence-corrected chi connectivity index (χ4v) is 4.52. The van der Waals surface area contributed by atoms with Gasteiger partial charge < -0.3 is 18.0 Å². The van der Waals surface area contributed by atoms with E-state index in [2.05, 4.69) is 4.90 Å². The molecule has 0 amide bonds. The lowest BCUT2D eigenvalue weighted by Crippen LogP contribution is -2.48. The summed E-state index contributed by atoms with van der Waals surface area (Å²) in [6.07, 6.45) is 0. The van der Waals surface area contributed by atoms with Crippen molar-refractivity contribution in [2.45, 2.75) is 26.8 Å². The summed E-state index contributed by atoms with van der Waals surface area (Å²) in [5.74, 6) is 0. The molecule has 1 rings (SSSR count). The van der Waals surface area contributed by atoms with Crippen LogP contribution in [-0.2, 0) is 18.0 Å². The van der Waals surface area contributed by atoms with E-state index in [9.17, 15) is 0 Å². The van der Waals surface area contributed by atoms with Gasteiger partial charge in [0.15, 0.2) is 0 Å². The first-order valence-electron chi connectivity index (χ1n) is 6.48. The third-order valence-electron chi connectivity index (χ3n) is 2.65. The van der Waals surface area contributed by atoms with Crippen molar-refractivity contribution in [3.8, 4) is 0 Å². The van der Waals surface area contributed by atoms with E-state index in [1.807, 2.05) is 20.8 Å². The number of hydrogen-bond acceptors (Lipinski definition) is 5. The summed E-state index contributed by atoms with van der Waals surface area (Å²) in [7, 11) is -2.46. The van der Waals surface area contributed by atoms with Crippen molar-refractivity contribution in [2.75, 3.05) is 46.2 Å². The van der Waals surface area contributed by atoms with Crippen molar-refractivity contribution < 1.29 is 18.0 Å². The van der Waals surface area contributed by atoms with Crippen molar-refractivity contribution in [2.24, 2.45) is 0 Å². The van der Waals surface area contributed by atoms with E-state index >= 15 is 0 Å². The van der Waals surface area contributed by atoms with Gasteiger partial charge in [0.05, 0.1) is 13.3 Å². The Labute approximate surface area is 105 Å². The Morgan fingerprint density at radius 1 is 1.06 bits per heavy atom. The predicted molar refractivity (Wildman–Crippen MR) is 67.8 cm³/mol. The van der Waals surface area contributed by atoms with E-state index in [4.69, 9.17) is 18.0 Å². The summed E-state index contributed by atoms with van der Waals surface area (Å²) in [5.41, 5.74) is 0. The van der Waals surface area contributed by atoms with Crippen molar-refractivity contribution in [3.63, 3.8) is 0 Å². The largest absolute Gasteiger partial charge is 0.502 e. The molecule has 0 aromatic rings. The molecule has 102 valence electrons. The minimum Gasteiger partial charge on any atom is -0.374 e. The van der Waals surface area contributed by atoms with E-state index in [-0.39, 0.29) is 0 Å². The molecule has 1 fully saturated rings. The zero-order chi connectivity index (χ0) is 12.6. The third kappa shape index (κ3) is 5.03. The van der Waals surface area contributed by atoms with Gasteiger partial charge in [-0.3, -0.25) is 4.90 Å². The lowest BCUT2D eigenvalue weighted by atomic mass is 10.6. The van der Waals surface area contributed by atoms with Crippen molar-refractivity contribution in [1.82, 2.24) is 4.90 Å². The molecule has 0 bridgehead atoms. The Kier molecular flexibility index (Phi) is 7.25. The molecule has 1 aliphatic rings. The van der Waals surface area contributed by atoms with E-state index in [0.717, 1.165) is 32.5 Å². The molecule has 1 aliphatic heterocycles. The van der Waals surface area contributed by atoms with Crippen LogP contribution in [-0.4, -0.2) is 60.0 Å². The van der Waals surface area contributed by atoms with Crippen LogP contribution in [0.15, 0.2) is 0 Å². The average Bonchev–Trinajstić information content (AvgIpc) is 2.80. The van der Waals surface area contributed by atoms with Gasteiger partial charge in [-0.15, -0.1) is 0 Å². The maximum Gasteiger partial charge on any atom is 0.502 e. The quantitative estimate of drug-likeness (QED) is 0.587. The maximum absolute atomic E-state index is 5.80. The van der Waals surface area contributed by atoms with Gasteiger partial charge in [0.1, 0.15) is 0 Å². The molecule has 0 aromatic heterocycles. The number of ether oxygens (including phenoxy) is 1. The van der Waals surface area contributed by atoms with Crippen LogP contribution in [0.4, 0.5) is 0 Å². The van der Waals surface area contributed by atoms with Gasteiger partial charge in [0.2, 0.25) is 0 Å². The van der Waals surface area contributed by atoms with Crippen molar-refractivity contribution >= 4 is 8.80 Å². The van der Waals surface area contributed by atoms with Crippen LogP contribution in [0.1, 0.15) is 20.8 Å². The number of rotatable bonds is 9. The Morgan fingerprint density at radius 3 is 2.06 bits per heavy atom. The van der Waals surface area contributed by atoms with E-state index in [1.165, 1.54) is 0 Å². The first kappa shape index (κ1) is 15.1. The van der Waals surface area contributed by atoms with Crippen LogP contribution in [0.3, 0.4) is 0 Å². The highest BCUT2D eigenvalue weighted by Crippen LogP contribution is 2.17. The summed E-state index contributed by atoms with van der Waals surface area (Å²) in [5, 5.41) is 0. The summed E-state index contributed by atoms with van der Waals surface area (Å²) in [6.45, 7) is 11.3. The molecule has 0 unspecified atom stereocenters. The lowest BCUT2D eigenvalue weighted by molar-refractivity contribution is 0.0665. The first-order chi connectivity index (χ1) is 8.26. The standard InChI is InChI=1S/C11H25NO4Si/c1-4-14-17(15-5-2,16-6-3)10-8-12-7-9-13-11-12/h4-11H2,1-3H3. The smallest absolute Gasteiger partial charge is 0.374 e. The third-order valence-corrected chi connectivity index (χ3v) is 5.67. The van der Waals surface area contributed by atoms with Crippen molar-refractivity contribution in [1.29, 1.82) is 0 Å². The average molecular weight is 263 g/mol. The van der Waals surface area contributed by atoms with E-state index in [0.29, 0.717) is 19.8 Å². The van der Waals surface area contributed by atoms with Crippen LogP contribution < -0.4 is 0 Å². The Hall–Kier alpha value is 0.0169. The van der Waals surface area contributed by atoms with Gasteiger partial charge in [0, 0.05) is 39.0 Å². The number of nitrogens with zero attached hydrogens (tertiary/aromatic N) is 1. The number of hydrogen-bond donors (Lipinski definition) is 0. The summed E-state index contributed by atoms with van der Waals surface area (Å²) in [4.78, 5) is 2.26. The van der Waals surface area contributed by atoms with Gasteiger partial charge >= 0.3 is 8.80 Å². The molecule has 6 heteroatoms. The second-order valence-electron chi connectivity index (χ2n) is 3.89. The Morgan fingerprint density at radius 2 is 1.65 bits per heavy atom. The molecule has 0 aromatic carbocycles. The second-order valence-corrected chi connectivity index (χ2v) is 6.62. The minimum atomic E-state index is -2.46. The van der Waals surface area contributed by atoms with E-state index < -0.39 is 8.80 Å². The normalized spacial score (nSPS) is 17.8. The van der Waals surface area contributed by atoms with Gasteiger partial charge in [-0.2, -0.15) is 0 Å². The Bertz CT molecular complexity index is 183. The molecule has 0 spiro atoms. The molecule has 0 atom stereocenters. The first-order valence-corrected chi connectivity index (χ1v) is 8.41. The highest BCUT2D eigenvalue weighted by atomic mass is 28.4. The fourth-order valence-electron chi connectivity index (χ4n) is 1.92. The van der Waals surface area contributed by atoms with Crippen LogP contribution in [0.5, 0.6) is 0 Å². The van der Waals surface area contributed by atoms with E-state index in [1.54, 1.807) is 0 Å². The predicted octanol–water partition coefficient (Wildman–Crippen LogP) is 1.32. The molecule has 1 heterocycles. The van der Waals surface area contributed by atoms with Gasteiger partial charge in [0.25, 0.3) is 0 Å².